The number of nitrogens with two attached hydrogens (primary N) is 1. The molecular formula is C12H19N5OS. The Bertz CT molecular complexity index is 478. The van der Waals surface area contributed by atoms with E-state index in [0.29, 0.717) is 6.04 Å². The van der Waals surface area contributed by atoms with Gasteiger partial charge in [-0.3, -0.25) is 9.36 Å². The number of primary amides is 1. The largest absolute Gasteiger partial charge is 0.369 e. The van der Waals surface area contributed by atoms with Crippen LogP contribution in [-0.2, 0) is 4.79 Å². The lowest BCUT2D eigenvalue weighted by Crippen LogP contribution is -2.24. The van der Waals surface area contributed by atoms with Crippen LogP contribution in [0.1, 0.15) is 38.6 Å². The van der Waals surface area contributed by atoms with Crippen LogP contribution in [0.25, 0.3) is 0 Å². The van der Waals surface area contributed by atoms with Crippen molar-refractivity contribution in [3.8, 4) is 0 Å². The Morgan fingerprint density at radius 1 is 1.37 bits per heavy atom. The van der Waals surface area contributed by atoms with Gasteiger partial charge in [0.2, 0.25) is 11.9 Å². The molecule has 0 spiro atoms. The zero-order valence-corrected chi connectivity index (χ0v) is 11.9. The molecule has 1 atom stereocenters. The highest BCUT2D eigenvalue weighted by atomic mass is 32.2. The van der Waals surface area contributed by atoms with Crippen molar-refractivity contribution in [3.63, 3.8) is 0 Å². The van der Waals surface area contributed by atoms with Crippen molar-refractivity contribution in [3.05, 3.63) is 0 Å². The molecule has 2 fully saturated rings. The second-order valence-electron chi connectivity index (χ2n) is 5.24. The van der Waals surface area contributed by atoms with Gasteiger partial charge in [0.15, 0.2) is 5.16 Å². The van der Waals surface area contributed by atoms with Gasteiger partial charge < -0.3 is 10.6 Å². The van der Waals surface area contributed by atoms with E-state index in [-0.39, 0.29) is 11.2 Å². The summed E-state index contributed by atoms with van der Waals surface area (Å²) in [4.78, 5) is 13.5. The van der Waals surface area contributed by atoms with Crippen LogP contribution >= 0.6 is 11.8 Å². The zero-order valence-electron chi connectivity index (χ0n) is 11.1. The average Bonchev–Trinajstić information content (AvgIpc) is 2.91. The van der Waals surface area contributed by atoms with E-state index in [0.717, 1.165) is 24.2 Å². The van der Waals surface area contributed by atoms with Gasteiger partial charge in [-0.25, -0.2) is 0 Å². The standard InChI is InChI=1S/C12H19N5OS/c1-8(10(13)18)19-12-15-14-11(16-6-2-3-7-16)17(12)9-4-5-9/h8-9H,2-7H2,1H3,(H2,13,18). The summed E-state index contributed by atoms with van der Waals surface area (Å²) in [5, 5.41) is 9.17. The molecule has 1 aromatic heterocycles. The fourth-order valence-corrected chi connectivity index (χ4v) is 3.22. The molecule has 1 saturated heterocycles. The Kier molecular flexibility index (Phi) is 3.38. The number of carbonyl (C=O) groups excluding carboxylic acids is 1. The maximum absolute atomic E-state index is 11.2. The highest BCUT2D eigenvalue weighted by Crippen LogP contribution is 2.41. The second kappa shape index (κ2) is 5.03. The minimum absolute atomic E-state index is 0.270. The summed E-state index contributed by atoms with van der Waals surface area (Å²) < 4.78 is 2.20. The monoisotopic (exact) mass is 281 g/mol. The van der Waals surface area contributed by atoms with E-state index in [4.69, 9.17) is 5.73 Å². The van der Waals surface area contributed by atoms with Crippen molar-refractivity contribution in [1.82, 2.24) is 14.8 Å². The fraction of sp³-hybridized carbons (Fsp3) is 0.750. The first-order chi connectivity index (χ1) is 9.16. The maximum Gasteiger partial charge on any atom is 0.230 e. The van der Waals surface area contributed by atoms with Gasteiger partial charge >= 0.3 is 0 Å². The summed E-state index contributed by atoms with van der Waals surface area (Å²) in [5.41, 5.74) is 5.33. The highest BCUT2D eigenvalue weighted by Gasteiger charge is 2.33. The Balaban J connectivity index is 1.85. The predicted molar refractivity (Wildman–Crippen MR) is 74.3 cm³/mol. The smallest absolute Gasteiger partial charge is 0.230 e. The number of anilines is 1. The van der Waals surface area contributed by atoms with Crippen LogP contribution in [0.4, 0.5) is 5.95 Å². The number of nitrogens with zero attached hydrogens (tertiary/aromatic N) is 4. The number of carbonyl (C=O) groups is 1. The van der Waals surface area contributed by atoms with Crippen molar-refractivity contribution in [2.75, 3.05) is 18.0 Å². The van der Waals surface area contributed by atoms with Gasteiger partial charge in [0.1, 0.15) is 0 Å². The summed E-state index contributed by atoms with van der Waals surface area (Å²) >= 11 is 1.41. The van der Waals surface area contributed by atoms with E-state index in [1.54, 1.807) is 0 Å². The minimum atomic E-state index is -0.307. The van der Waals surface area contributed by atoms with Gasteiger partial charge in [0, 0.05) is 19.1 Å². The molecule has 3 rings (SSSR count). The molecule has 19 heavy (non-hydrogen) atoms. The Hall–Kier alpha value is -1.24. The lowest BCUT2D eigenvalue weighted by atomic mass is 10.4. The molecular weight excluding hydrogens is 262 g/mol. The molecule has 2 heterocycles. The lowest BCUT2D eigenvalue weighted by molar-refractivity contribution is -0.117. The molecule has 2 N–H and O–H groups in total. The van der Waals surface area contributed by atoms with Gasteiger partial charge in [-0.2, -0.15) is 0 Å². The first-order valence-corrected chi connectivity index (χ1v) is 7.70. The van der Waals surface area contributed by atoms with Crippen molar-refractivity contribution in [1.29, 1.82) is 0 Å². The molecule has 104 valence electrons. The summed E-state index contributed by atoms with van der Waals surface area (Å²) in [6.07, 6.45) is 4.80. The molecule has 0 radical (unpaired) electrons. The van der Waals surface area contributed by atoms with Gasteiger partial charge in [-0.05, 0) is 32.6 Å². The lowest BCUT2D eigenvalue weighted by Gasteiger charge is -2.18. The number of hydrogen-bond acceptors (Lipinski definition) is 5. The molecule has 1 amide bonds. The van der Waals surface area contributed by atoms with Crippen molar-refractivity contribution < 1.29 is 4.79 Å². The van der Waals surface area contributed by atoms with Crippen LogP contribution in [0.5, 0.6) is 0 Å². The SMILES string of the molecule is CC(Sc1nnc(N2CCCC2)n1C1CC1)C(N)=O. The van der Waals surface area contributed by atoms with E-state index in [1.165, 1.54) is 37.4 Å². The van der Waals surface area contributed by atoms with E-state index in [1.807, 2.05) is 6.92 Å². The highest BCUT2D eigenvalue weighted by molar-refractivity contribution is 8.00. The predicted octanol–water partition coefficient (Wildman–Crippen LogP) is 1.18. The first-order valence-electron chi connectivity index (χ1n) is 6.82. The topological polar surface area (TPSA) is 77.0 Å². The van der Waals surface area contributed by atoms with E-state index in [9.17, 15) is 4.79 Å². The zero-order chi connectivity index (χ0) is 13.4. The Labute approximate surface area is 116 Å². The summed E-state index contributed by atoms with van der Waals surface area (Å²) in [7, 11) is 0. The maximum atomic E-state index is 11.2. The molecule has 1 unspecified atom stereocenters. The van der Waals surface area contributed by atoms with Crippen LogP contribution in [0, 0.1) is 0 Å². The molecule has 1 saturated carbocycles. The van der Waals surface area contributed by atoms with Crippen molar-refractivity contribution >= 4 is 23.6 Å². The van der Waals surface area contributed by atoms with Gasteiger partial charge in [-0.15, -0.1) is 10.2 Å². The third kappa shape index (κ3) is 2.56. The molecule has 1 aromatic rings. The Morgan fingerprint density at radius 2 is 2.05 bits per heavy atom. The second-order valence-corrected chi connectivity index (χ2v) is 6.55. The average molecular weight is 281 g/mol. The first kappa shape index (κ1) is 12.8. The number of amides is 1. The molecule has 0 aromatic carbocycles. The fourth-order valence-electron chi connectivity index (χ4n) is 2.35. The van der Waals surface area contributed by atoms with Crippen molar-refractivity contribution in [2.45, 2.75) is 49.1 Å². The molecule has 2 aliphatic rings. The van der Waals surface area contributed by atoms with Crippen molar-refractivity contribution in [2.24, 2.45) is 5.73 Å². The molecule has 1 aliphatic heterocycles. The Morgan fingerprint density at radius 3 is 2.63 bits per heavy atom. The van der Waals surface area contributed by atoms with Crippen LogP contribution in [0.15, 0.2) is 5.16 Å². The van der Waals surface area contributed by atoms with Crippen LogP contribution < -0.4 is 10.6 Å². The van der Waals surface area contributed by atoms with Crippen LogP contribution in [0.3, 0.4) is 0 Å². The van der Waals surface area contributed by atoms with E-state index in [2.05, 4.69) is 19.7 Å². The molecule has 0 bridgehead atoms. The van der Waals surface area contributed by atoms with Gasteiger partial charge in [-0.1, -0.05) is 11.8 Å². The quantitative estimate of drug-likeness (QED) is 0.820. The normalized spacial score (nSPS) is 20.8. The molecule has 1 aliphatic carbocycles. The summed E-state index contributed by atoms with van der Waals surface area (Å²) in [5.74, 6) is 0.664. The van der Waals surface area contributed by atoms with Crippen LogP contribution in [-0.4, -0.2) is 39.0 Å². The number of aromatic nitrogens is 3. The number of hydrogen-bond donors (Lipinski definition) is 1. The van der Waals surface area contributed by atoms with E-state index < -0.39 is 0 Å². The summed E-state index contributed by atoms with van der Waals surface area (Å²) in [6.45, 7) is 3.93. The summed E-state index contributed by atoms with van der Waals surface area (Å²) in [6, 6.07) is 0.508. The molecule has 6 nitrogen and oxygen atoms in total. The van der Waals surface area contributed by atoms with Gasteiger partial charge in [0.25, 0.3) is 0 Å². The number of rotatable bonds is 5. The third-order valence-electron chi connectivity index (χ3n) is 3.63. The van der Waals surface area contributed by atoms with Crippen LogP contribution in [0.2, 0.25) is 0 Å². The number of thioether (sulfide) groups is 1. The molecule has 7 heteroatoms. The van der Waals surface area contributed by atoms with Gasteiger partial charge in [0.05, 0.1) is 5.25 Å². The van der Waals surface area contributed by atoms with E-state index >= 15 is 0 Å². The third-order valence-corrected chi connectivity index (χ3v) is 4.71. The minimum Gasteiger partial charge on any atom is -0.369 e.